The molecule has 3 heteroatoms. The molecule has 0 bridgehead atoms. The molecular weight excluding hydrogens is 201 g/mol. The van der Waals surface area contributed by atoms with Gasteiger partial charge >= 0.3 is 0 Å². The maximum atomic E-state index is 12.6. The minimum atomic E-state index is -0.188. The molecule has 1 aromatic carbocycles. The van der Waals surface area contributed by atoms with E-state index in [1.54, 1.807) is 12.1 Å². The van der Waals surface area contributed by atoms with E-state index in [-0.39, 0.29) is 11.4 Å². The van der Waals surface area contributed by atoms with Gasteiger partial charge in [-0.3, -0.25) is 0 Å². The van der Waals surface area contributed by atoms with Gasteiger partial charge in [0.25, 0.3) is 0 Å². The maximum Gasteiger partial charge on any atom is 0.123 e. The van der Waals surface area contributed by atoms with E-state index in [4.69, 9.17) is 11.6 Å². The van der Waals surface area contributed by atoms with Crippen molar-refractivity contribution in [1.82, 2.24) is 5.32 Å². The largest absolute Gasteiger partial charge is 0.306 e. The predicted molar refractivity (Wildman–Crippen MR) is 55.9 cm³/mol. The maximum absolute atomic E-state index is 12.6. The molecule has 0 unspecified atom stereocenters. The Morgan fingerprint density at radius 1 is 1.29 bits per heavy atom. The lowest BCUT2D eigenvalue weighted by molar-refractivity contribution is 0.542. The SMILES string of the molecule is Fc1ccc(CNC2(CCl)CC2)cc1. The Bertz CT molecular complexity index is 306. The fourth-order valence-electron chi connectivity index (χ4n) is 1.40. The molecule has 0 saturated heterocycles. The Kier molecular flexibility index (Phi) is 2.75. The molecule has 1 N–H and O–H groups in total. The minimum Gasteiger partial charge on any atom is -0.306 e. The topological polar surface area (TPSA) is 12.0 Å². The second kappa shape index (κ2) is 3.87. The van der Waals surface area contributed by atoms with Crippen LogP contribution in [0.5, 0.6) is 0 Å². The number of alkyl halides is 1. The Balaban J connectivity index is 1.89. The highest BCUT2D eigenvalue weighted by Gasteiger charge is 2.40. The molecule has 0 radical (unpaired) electrons. The van der Waals surface area contributed by atoms with Gasteiger partial charge in [0.2, 0.25) is 0 Å². The lowest BCUT2D eigenvalue weighted by atomic mass is 10.2. The van der Waals surface area contributed by atoms with Crippen molar-refractivity contribution >= 4 is 11.6 Å². The van der Waals surface area contributed by atoms with Gasteiger partial charge in [0.05, 0.1) is 0 Å². The van der Waals surface area contributed by atoms with Crippen molar-refractivity contribution in [2.75, 3.05) is 5.88 Å². The lowest BCUT2D eigenvalue weighted by Crippen LogP contribution is -2.32. The number of hydrogen-bond acceptors (Lipinski definition) is 1. The molecule has 0 spiro atoms. The fraction of sp³-hybridized carbons (Fsp3) is 0.455. The first-order valence-electron chi connectivity index (χ1n) is 4.80. The zero-order valence-electron chi connectivity index (χ0n) is 7.89. The van der Waals surface area contributed by atoms with Crippen LogP contribution in [0.25, 0.3) is 0 Å². The van der Waals surface area contributed by atoms with Crippen molar-refractivity contribution in [1.29, 1.82) is 0 Å². The molecule has 76 valence electrons. The first-order valence-corrected chi connectivity index (χ1v) is 5.33. The van der Waals surface area contributed by atoms with Crippen LogP contribution < -0.4 is 5.32 Å². The van der Waals surface area contributed by atoms with Crippen LogP contribution in [0.3, 0.4) is 0 Å². The standard InChI is InChI=1S/C11H13ClFN/c12-8-11(5-6-11)14-7-9-1-3-10(13)4-2-9/h1-4,14H,5-8H2. The van der Waals surface area contributed by atoms with Crippen molar-refractivity contribution in [3.8, 4) is 0 Å². The highest BCUT2D eigenvalue weighted by atomic mass is 35.5. The van der Waals surface area contributed by atoms with Gasteiger partial charge in [-0.2, -0.15) is 0 Å². The molecule has 2 rings (SSSR count). The zero-order valence-corrected chi connectivity index (χ0v) is 8.65. The van der Waals surface area contributed by atoms with E-state index in [0.29, 0.717) is 5.88 Å². The van der Waals surface area contributed by atoms with Crippen LogP contribution in [0, 0.1) is 5.82 Å². The van der Waals surface area contributed by atoms with Gasteiger partial charge in [0.1, 0.15) is 5.82 Å². The van der Waals surface area contributed by atoms with E-state index in [1.165, 1.54) is 12.1 Å². The van der Waals surface area contributed by atoms with E-state index in [2.05, 4.69) is 5.32 Å². The predicted octanol–water partition coefficient (Wildman–Crippen LogP) is 2.69. The number of rotatable bonds is 4. The van der Waals surface area contributed by atoms with Gasteiger partial charge in [-0.1, -0.05) is 12.1 Å². The van der Waals surface area contributed by atoms with Crippen LogP contribution in [-0.4, -0.2) is 11.4 Å². The molecule has 1 nitrogen and oxygen atoms in total. The number of halogens is 2. The third kappa shape index (κ3) is 2.25. The zero-order chi connectivity index (χ0) is 10.0. The van der Waals surface area contributed by atoms with Crippen LogP contribution >= 0.6 is 11.6 Å². The Morgan fingerprint density at radius 3 is 2.43 bits per heavy atom. The van der Waals surface area contributed by atoms with Gasteiger partial charge in [0, 0.05) is 18.0 Å². The fourth-order valence-corrected chi connectivity index (χ4v) is 1.76. The lowest BCUT2D eigenvalue weighted by Gasteiger charge is -2.13. The molecule has 1 fully saturated rings. The highest BCUT2D eigenvalue weighted by Crippen LogP contribution is 2.36. The minimum absolute atomic E-state index is 0.163. The monoisotopic (exact) mass is 213 g/mol. The highest BCUT2D eigenvalue weighted by molar-refractivity contribution is 6.18. The molecule has 0 atom stereocenters. The second-order valence-electron chi connectivity index (χ2n) is 3.89. The number of benzene rings is 1. The van der Waals surface area contributed by atoms with Crippen molar-refractivity contribution in [3.05, 3.63) is 35.6 Å². The molecule has 1 aromatic rings. The van der Waals surface area contributed by atoms with E-state index in [0.717, 1.165) is 24.9 Å². The molecule has 0 aliphatic heterocycles. The van der Waals surface area contributed by atoms with Crippen molar-refractivity contribution in [3.63, 3.8) is 0 Å². The molecular formula is C11H13ClFN. The number of hydrogen-bond donors (Lipinski definition) is 1. The van der Waals surface area contributed by atoms with Gasteiger partial charge in [-0.15, -0.1) is 11.6 Å². The van der Waals surface area contributed by atoms with Gasteiger partial charge in [-0.25, -0.2) is 4.39 Å². The van der Waals surface area contributed by atoms with Crippen LogP contribution in [-0.2, 0) is 6.54 Å². The third-order valence-corrected chi connectivity index (χ3v) is 3.20. The Labute approximate surface area is 88.3 Å². The number of nitrogens with one attached hydrogen (secondary N) is 1. The summed E-state index contributed by atoms with van der Waals surface area (Å²) < 4.78 is 12.6. The Hall–Kier alpha value is -0.600. The molecule has 14 heavy (non-hydrogen) atoms. The summed E-state index contributed by atoms with van der Waals surface area (Å²) in [5.41, 5.74) is 1.26. The molecule has 1 aliphatic rings. The summed E-state index contributed by atoms with van der Waals surface area (Å²) >= 11 is 5.82. The first-order chi connectivity index (χ1) is 6.74. The van der Waals surface area contributed by atoms with E-state index >= 15 is 0 Å². The van der Waals surface area contributed by atoms with Gasteiger partial charge in [-0.05, 0) is 30.5 Å². The van der Waals surface area contributed by atoms with Crippen molar-refractivity contribution in [2.24, 2.45) is 0 Å². The van der Waals surface area contributed by atoms with Crippen LogP contribution in [0.15, 0.2) is 24.3 Å². The molecule has 1 aliphatic carbocycles. The smallest absolute Gasteiger partial charge is 0.123 e. The molecule has 0 aromatic heterocycles. The molecule has 0 heterocycles. The summed E-state index contributed by atoms with van der Waals surface area (Å²) in [5.74, 6) is 0.473. The van der Waals surface area contributed by atoms with Crippen molar-refractivity contribution < 1.29 is 4.39 Å². The molecule has 0 amide bonds. The van der Waals surface area contributed by atoms with Crippen LogP contribution in [0.1, 0.15) is 18.4 Å². The average Bonchev–Trinajstić information content (AvgIpc) is 2.98. The Morgan fingerprint density at radius 2 is 1.93 bits per heavy atom. The summed E-state index contributed by atoms with van der Waals surface area (Å²) in [6.45, 7) is 0.771. The quantitative estimate of drug-likeness (QED) is 0.759. The summed E-state index contributed by atoms with van der Waals surface area (Å²) in [7, 11) is 0. The first kappa shape index (κ1) is 9.94. The second-order valence-corrected chi connectivity index (χ2v) is 4.16. The van der Waals surface area contributed by atoms with Crippen LogP contribution in [0.2, 0.25) is 0 Å². The summed E-state index contributed by atoms with van der Waals surface area (Å²) in [6, 6.07) is 6.56. The van der Waals surface area contributed by atoms with Gasteiger partial charge < -0.3 is 5.32 Å². The van der Waals surface area contributed by atoms with Gasteiger partial charge in [0.15, 0.2) is 0 Å². The normalized spacial score (nSPS) is 18.1. The van der Waals surface area contributed by atoms with Crippen molar-refractivity contribution in [2.45, 2.75) is 24.9 Å². The summed E-state index contributed by atoms with van der Waals surface area (Å²) in [6.07, 6.45) is 2.30. The summed E-state index contributed by atoms with van der Waals surface area (Å²) in [4.78, 5) is 0. The van der Waals surface area contributed by atoms with Crippen LogP contribution in [0.4, 0.5) is 4.39 Å². The third-order valence-electron chi connectivity index (χ3n) is 2.69. The van der Waals surface area contributed by atoms with E-state index in [9.17, 15) is 4.39 Å². The van der Waals surface area contributed by atoms with E-state index in [1.807, 2.05) is 0 Å². The summed E-state index contributed by atoms with van der Waals surface area (Å²) in [5, 5.41) is 3.40. The average molecular weight is 214 g/mol. The molecule has 1 saturated carbocycles. The van der Waals surface area contributed by atoms with E-state index < -0.39 is 0 Å².